The monoisotopic (exact) mass is 261 g/mol. The Balaban J connectivity index is 2.05. The van der Waals surface area contributed by atoms with Crippen molar-refractivity contribution >= 4 is 11.5 Å². The van der Waals surface area contributed by atoms with E-state index in [9.17, 15) is 10.1 Å². The van der Waals surface area contributed by atoms with E-state index < -0.39 is 4.92 Å². The maximum atomic E-state index is 10.9. The summed E-state index contributed by atoms with van der Waals surface area (Å²) < 4.78 is 1.92. The van der Waals surface area contributed by atoms with Crippen LogP contribution < -0.4 is 5.32 Å². The fourth-order valence-electron chi connectivity index (χ4n) is 1.76. The molecule has 0 aliphatic heterocycles. The van der Waals surface area contributed by atoms with Crippen LogP contribution in [0.4, 0.5) is 11.5 Å². The van der Waals surface area contributed by atoms with E-state index in [1.165, 1.54) is 6.07 Å². The van der Waals surface area contributed by atoms with Crippen LogP contribution in [-0.4, -0.2) is 26.0 Å². The number of pyridine rings is 1. The number of anilines is 1. The summed E-state index contributed by atoms with van der Waals surface area (Å²) in [7, 11) is 1.91. The van der Waals surface area contributed by atoms with Crippen LogP contribution in [0.15, 0.2) is 24.5 Å². The molecular formula is C12H15N5O2. The molecule has 0 spiro atoms. The molecule has 100 valence electrons. The Labute approximate surface area is 110 Å². The van der Waals surface area contributed by atoms with Crippen molar-refractivity contribution in [2.45, 2.75) is 13.3 Å². The Morgan fingerprint density at radius 2 is 2.26 bits per heavy atom. The van der Waals surface area contributed by atoms with Crippen molar-refractivity contribution in [3.8, 4) is 0 Å². The average molecular weight is 261 g/mol. The molecule has 0 amide bonds. The SMILES string of the molecule is Cc1ccc([N+](=O)[O-])c(NCCc2nccn2C)n1. The van der Waals surface area contributed by atoms with Gasteiger partial charge in [-0.25, -0.2) is 9.97 Å². The molecule has 1 N–H and O–H groups in total. The van der Waals surface area contributed by atoms with Gasteiger partial charge in [0.1, 0.15) is 5.82 Å². The summed E-state index contributed by atoms with van der Waals surface area (Å²) in [5.74, 6) is 1.22. The van der Waals surface area contributed by atoms with Gasteiger partial charge in [0.15, 0.2) is 0 Å². The van der Waals surface area contributed by atoms with Gasteiger partial charge in [0.25, 0.3) is 0 Å². The molecule has 0 unspecified atom stereocenters. The molecule has 2 aromatic heterocycles. The molecule has 2 aromatic rings. The van der Waals surface area contributed by atoms with E-state index in [2.05, 4.69) is 15.3 Å². The largest absolute Gasteiger partial charge is 0.364 e. The molecule has 7 heteroatoms. The van der Waals surface area contributed by atoms with Crippen LogP contribution in [0.5, 0.6) is 0 Å². The van der Waals surface area contributed by atoms with Gasteiger partial charge in [-0.1, -0.05) is 0 Å². The molecule has 0 aliphatic rings. The minimum Gasteiger partial charge on any atom is -0.364 e. The average Bonchev–Trinajstić information content (AvgIpc) is 2.75. The molecule has 7 nitrogen and oxygen atoms in total. The lowest BCUT2D eigenvalue weighted by Gasteiger charge is -2.07. The zero-order chi connectivity index (χ0) is 13.8. The van der Waals surface area contributed by atoms with E-state index in [1.807, 2.05) is 17.8 Å². The Hall–Kier alpha value is -2.44. The first kappa shape index (κ1) is 13.0. The smallest absolute Gasteiger partial charge is 0.311 e. The van der Waals surface area contributed by atoms with Gasteiger partial charge in [0.2, 0.25) is 5.82 Å². The number of hydrogen-bond donors (Lipinski definition) is 1. The van der Waals surface area contributed by atoms with Gasteiger partial charge < -0.3 is 9.88 Å². The van der Waals surface area contributed by atoms with Crippen LogP contribution >= 0.6 is 0 Å². The second-order valence-electron chi connectivity index (χ2n) is 4.21. The summed E-state index contributed by atoms with van der Waals surface area (Å²) in [6.45, 7) is 2.34. The molecule has 0 aromatic carbocycles. The lowest BCUT2D eigenvalue weighted by molar-refractivity contribution is -0.384. The number of hydrogen-bond acceptors (Lipinski definition) is 5. The third-order valence-corrected chi connectivity index (χ3v) is 2.77. The second-order valence-corrected chi connectivity index (χ2v) is 4.21. The number of imidazole rings is 1. The molecule has 0 aliphatic carbocycles. The molecule has 0 fully saturated rings. The van der Waals surface area contributed by atoms with Crippen molar-refractivity contribution < 1.29 is 4.92 Å². The molecule has 0 saturated heterocycles. The van der Waals surface area contributed by atoms with Crippen LogP contribution in [0.3, 0.4) is 0 Å². The second kappa shape index (κ2) is 5.47. The first-order valence-corrected chi connectivity index (χ1v) is 5.90. The number of aryl methyl sites for hydroxylation is 2. The molecule has 0 bridgehead atoms. The number of rotatable bonds is 5. The van der Waals surface area contributed by atoms with Gasteiger partial charge in [-0.3, -0.25) is 10.1 Å². The highest BCUT2D eigenvalue weighted by atomic mass is 16.6. The Bertz CT molecular complexity index is 594. The zero-order valence-electron chi connectivity index (χ0n) is 10.8. The molecule has 0 radical (unpaired) electrons. The lowest BCUT2D eigenvalue weighted by Crippen LogP contribution is -2.11. The number of nitrogens with one attached hydrogen (secondary N) is 1. The van der Waals surface area contributed by atoms with E-state index in [-0.39, 0.29) is 5.69 Å². The molecular weight excluding hydrogens is 246 g/mol. The van der Waals surface area contributed by atoms with E-state index >= 15 is 0 Å². The molecule has 2 heterocycles. The van der Waals surface area contributed by atoms with Crippen molar-refractivity contribution in [3.05, 3.63) is 46.2 Å². The fourth-order valence-corrected chi connectivity index (χ4v) is 1.76. The highest BCUT2D eigenvalue weighted by Gasteiger charge is 2.14. The Kier molecular flexibility index (Phi) is 3.74. The normalized spacial score (nSPS) is 10.4. The quantitative estimate of drug-likeness (QED) is 0.653. The van der Waals surface area contributed by atoms with Crippen molar-refractivity contribution in [2.75, 3.05) is 11.9 Å². The third kappa shape index (κ3) is 3.06. The van der Waals surface area contributed by atoms with E-state index in [1.54, 1.807) is 19.2 Å². The van der Waals surface area contributed by atoms with Gasteiger partial charge in [0.05, 0.1) is 4.92 Å². The maximum Gasteiger partial charge on any atom is 0.311 e. The minimum absolute atomic E-state index is 0.00885. The lowest BCUT2D eigenvalue weighted by atomic mass is 10.3. The summed E-state index contributed by atoms with van der Waals surface area (Å²) in [5.41, 5.74) is 0.732. The van der Waals surface area contributed by atoms with Crippen molar-refractivity contribution in [2.24, 2.45) is 7.05 Å². The van der Waals surface area contributed by atoms with Crippen molar-refractivity contribution in [1.29, 1.82) is 0 Å². The molecule has 0 atom stereocenters. The van der Waals surface area contributed by atoms with E-state index in [0.717, 1.165) is 11.5 Å². The molecule has 19 heavy (non-hydrogen) atoms. The van der Waals surface area contributed by atoms with Gasteiger partial charge in [0, 0.05) is 44.2 Å². The number of nitrogens with zero attached hydrogens (tertiary/aromatic N) is 4. The van der Waals surface area contributed by atoms with Crippen LogP contribution in [0.25, 0.3) is 0 Å². The van der Waals surface area contributed by atoms with Gasteiger partial charge in [-0.15, -0.1) is 0 Å². The van der Waals surface area contributed by atoms with Crippen LogP contribution in [0.1, 0.15) is 11.5 Å². The predicted molar refractivity (Wildman–Crippen MR) is 71.0 cm³/mol. The van der Waals surface area contributed by atoms with E-state index in [0.29, 0.717) is 18.8 Å². The van der Waals surface area contributed by atoms with Gasteiger partial charge >= 0.3 is 5.69 Å². The highest BCUT2D eigenvalue weighted by molar-refractivity contribution is 5.56. The first-order chi connectivity index (χ1) is 9.08. The number of aromatic nitrogens is 3. The van der Waals surface area contributed by atoms with Gasteiger partial charge in [-0.2, -0.15) is 0 Å². The summed E-state index contributed by atoms with van der Waals surface area (Å²) in [5, 5.41) is 13.9. The topological polar surface area (TPSA) is 85.9 Å². The van der Waals surface area contributed by atoms with Crippen molar-refractivity contribution in [3.63, 3.8) is 0 Å². The summed E-state index contributed by atoms with van der Waals surface area (Å²) in [4.78, 5) is 18.8. The molecule has 0 saturated carbocycles. The van der Waals surface area contributed by atoms with Gasteiger partial charge in [-0.05, 0) is 13.0 Å². The Morgan fingerprint density at radius 3 is 2.89 bits per heavy atom. The van der Waals surface area contributed by atoms with Crippen LogP contribution in [0, 0.1) is 17.0 Å². The fraction of sp³-hybridized carbons (Fsp3) is 0.333. The maximum absolute atomic E-state index is 10.9. The van der Waals surface area contributed by atoms with Crippen LogP contribution in [-0.2, 0) is 13.5 Å². The summed E-state index contributed by atoms with van der Waals surface area (Å²) in [6.07, 6.45) is 4.27. The number of nitro groups is 1. The summed E-state index contributed by atoms with van der Waals surface area (Å²) in [6, 6.07) is 3.09. The predicted octanol–water partition coefficient (Wildman–Crippen LogP) is 1.69. The molecule has 2 rings (SSSR count). The third-order valence-electron chi connectivity index (χ3n) is 2.77. The minimum atomic E-state index is -0.435. The highest BCUT2D eigenvalue weighted by Crippen LogP contribution is 2.21. The van der Waals surface area contributed by atoms with Crippen molar-refractivity contribution in [1.82, 2.24) is 14.5 Å². The van der Waals surface area contributed by atoms with Crippen LogP contribution in [0.2, 0.25) is 0 Å². The standard InChI is InChI=1S/C12H15N5O2/c1-9-3-4-10(17(18)19)12(15-9)14-6-5-11-13-7-8-16(11)2/h3-4,7-8H,5-6H2,1-2H3,(H,14,15). The zero-order valence-corrected chi connectivity index (χ0v) is 10.8. The summed E-state index contributed by atoms with van der Waals surface area (Å²) >= 11 is 0. The first-order valence-electron chi connectivity index (χ1n) is 5.90. The van der Waals surface area contributed by atoms with E-state index in [4.69, 9.17) is 0 Å². The Morgan fingerprint density at radius 1 is 1.47 bits per heavy atom.